The predicted molar refractivity (Wildman–Crippen MR) is 87.6 cm³/mol. The summed E-state index contributed by atoms with van der Waals surface area (Å²) in [5.74, 6) is 0.929. The van der Waals surface area contributed by atoms with Gasteiger partial charge in [-0.2, -0.15) is 0 Å². The Labute approximate surface area is 130 Å². The fourth-order valence-corrected chi connectivity index (χ4v) is 4.96. The van der Waals surface area contributed by atoms with E-state index >= 15 is 0 Å². The molecule has 0 bridgehead atoms. The molecule has 1 N–H and O–H groups in total. The quantitative estimate of drug-likeness (QED) is 0.862. The van der Waals surface area contributed by atoms with Crippen molar-refractivity contribution in [1.29, 1.82) is 0 Å². The van der Waals surface area contributed by atoms with Crippen LogP contribution in [0.3, 0.4) is 0 Å². The third kappa shape index (κ3) is 3.62. The van der Waals surface area contributed by atoms with Crippen LogP contribution in [-0.4, -0.2) is 49.3 Å². The zero-order valence-electron chi connectivity index (χ0n) is 14.0. The molecule has 0 aromatic heterocycles. The van der Waals surface area contributed by atoms with E-state index in [4.69, 9.17) is 4.74 Å². The number of ether oxygens (including phenoxy) is 1. The summed E-state index contributed by atoms with van der Waals surface area (Å²) in [7, 11) is 1.88. The molecule has 21 heavy (non-hydrogen) atoms. The number of nitrogens with one attached hydrogen (secondary N) is 1. The van der Waals surface area contributed by atoms with E-state index in [9.17, 15) is 0 Å². The average Bonchev–Trinajstić information content (AvgIpc) is 3.04. The van der Waals surface area contributed by atoms with Gasteiger partial charge in [0.05, 0.1) is 6.10 Å². The van der Waals surface area contributed by atoms with Crippen molar-refractivity contribution in [1.82, 2.24) is 10.2 Å². The van der Waals surface area contributed by atoms with Crippen LogP contribution in [-0.2, 0) is 4.74 Å². The van der Waals surface area contributed by atoms with Crippen LogP contribution >= 0.6 is 0 Å². The first-order valence-corrected chi connectivity index (χ1v) is 9.33. The molecule has 2 aliphatic carbocycles. The lowest BCUT2D eigenvalue weighted by Gasteiger charge is -2.46. The van der Waals surface area contributed by atoms with Gasteiger partial charge < -0.3 is 10.1 Å². The van der Waals surface area contributed by atoms with Crippen LogP contribution in [0.5, 0.6) is 0 Å². The third-order valence-electron chi connectivity index (χ3n) is 6.34. The zero-order valence-corrected chi connectivity index (χ0v) is 14.0. The number of piperazine rings is 1. The molecule has 0 amide bonds. The molecule has 122 valence electrons. The zero-order chi connectivity index (χ0) is 14.7. The van der Waals surface area contributed by atoms with Gasteiger partial charge in [-0.25, -0.2) is 0 Å². The SMILES string of the molecule is CCC1CNC(C2CCCCC2)CN1C1CCC(OC)C1. The highest BCUT2D eigenvalue weighted by atomic mass is 16.5. The Hall–Kier alpha value is -0.120. The van der Waals surface area contributed by atoms with Gasteiger partial charge in [0, 0.05) is 38.3 Å². The molecule has 3 rings (SSSR count). The Kier molecular flexibility index (Phi) is 5.58. The molecule has 3 heteroatoms. The summed E-state index contributed by atoms with van der Waals surface area (Å²) in [5, 5.41) is 3.90. The van der Waals surface area contributed by atoms with Crippen LogP contribution in [0.15, 0.2) is 0 Å². The monoisotopic (exact) mass is 294 g/mol. The Morgan fingerprint density at radius 2 is 1.90 bits per heavy atom. The van der Waals surface area contributed by atoms with E-state index in [1.165, 1.54) is 70.9 Å². The molecule has 0 aromatic carbocycles. The second-order valence-electron chi connectivity index (χ2n) is 7.50. The van der Waals surface area contributed by atoms with Crippen molar-refractivity contribution in [2.75, 3.05) is 20.2 Å². The lowest BCUT2D eigenvalue weighted by atomic mass is 9.82. The summed E-state index contributed by atoms with van der Waals surface area (Å²) >= 11 is 0. The molecular weight excluding hydrogens is 260 g/mol. The van der Waals surface area contributed by atoms with Gasteiger partial charge in [-0.1, -0.05) is 26.2 Å². The van der Waals surface area contributed by atoms with Gasteiger partial charge >= 0.3 is 0 Å². The van der Waals surface area contributed by atoms with Gasteiger partial charge in [0.25, 0.3) is 0 Å². The van der Waals surface area contributed by atoms with E-state index in [1.54, 1.807) is 0 Å². The van der Waals surface area contributed by atoms with E-state index in [2.05, 4.69) is 17.1 Å². The molecule has 2 saturated carbocycles. The largest absolute Gasteiger partial charge is 0.381 e. The highest BCUT2D eigenvalue weighted by Gasteiger charge is 2.38. The van der Waals surface area contributed by atoms with Crippen molar-refractivity contribution in [2.45, 2.75) is 88.9 Å². The highest BCUT2D eigenvalue weighted by Crippen LogP contribution is 2.33. The van der Waals surface area contributed by atoms with Crippen LogP contribution in [0, 0.1) is 5.92 Å². The molecule has 4 atom stereocenters. The molecule has 0 spiro atoms. The van der Waals surface area contributed by atoms with Crippen molar-refractivity contribution in [3.8, 4) is 0 Å². The smallest absolute Gasteiger partial charge is 0.0586 e. The molecule has 1 saturated heterocycles. The minimum absolute atomic E-state index is 0.510. The number of hydrogen-bond donors (Lipinski definition) is 1. The number of hydrogen-bond acceptors (Lipinski definition) is 3. The number of rotatable bonds is 4. The maximum absolute atomic E-state index is 5.60. The van der Waals surface area contributed by atoms with Crippen LogP contribution < -0.4 is 5.32 Å². The predicted octanol–water partition coefficient (Wildman–Crippen LogP) is 3.19. The van der Waals surface area contributed by atoms with Crippen molar-refractivity contribution in [3.63, 3.8) is 0 Å². The maximum Gasteiger partial charge on any atom is 0.0586 e. The lowest BCUT2D eigenvalue weighted by Crippen LogP contribution is -2.61. The summed E-state index contributed by atoms with van der Waals surface area (Å²) < 4.78 is 5.60. The standard InChI is InChI=1S/C18H34N2O/c1-3-15-12-19-18(14-7-5-4-6-8-14)13-20(15)16-9-10-17(11-16)21-2/h14-19H,3-13H2,1-2H3. The normalized spacial score (nSPS) is 39.7. The Morgan fingerprint density at radius 1 is 1.10 bits per heavy atom. The van der Waals surface area contributed by atoms with Gasteiger partial charge in [0.2, 0.25) is 0 Å². The fraction of sp³-hybridized carbons (Fsp3) is 1.00. The van der Waals surface area contributed by atoms with Gasteiger partial charge in [0.15, 0.2) is 0 Å². The second-order valence-corrected chi connectivity index (χ2v) is 7.50. The van der Waals surface area contributed by atoms with E-state index in [0.717, 1.165) is 24.0 Å². The van der Waals surface area contributed by atoms with Crippen molar-refractivity contribution in [3.05, 3.63) is 0 Å². The van der Waals surface area contributed by atoms with Gasteiger partial charge in [-0.05, 0) is 44.4 Å². The summed E-state index contributed by atoms with van der Waals surface area (Å²) in [4.78, 5) is 2.86. The lowest BCUT2D eigenvalue weighted by molar-refractivity contribution is 0.0455. The molecule has 3 aliphatic rings. The Balaban J connectivity index is 1.61. The molecule has 1 heterocycles. The summed E-state index contributed by atoms with van der Waals surface area (Å²) in [6, 6.07) is 2.26. The molecule has 1 aliphatic heterocycles. The average molecular weight is 294 g/mol. The summed E-state index contributed by atoms with van der Waals surface area (Å²) in [5.41, 5.74) is 0. The summed E-state index contributed by atoms with van der Waals surface area (Å²) in [6.45, 7) is 4.83. The Morgan fingerprint density at radius 3 is 2.57 bits per heavy atom. The molecule has 4 unspecified atom stereocenters. The van der Waals surface area contributed by atoms with Crippen LogP contribution in [0.25, 0.3) is 0 Å². The van der Waals surface area contributed by atoms with Gasteiger partial charge in [0.1, 0.15) is 0 Å². The minimum Gasteiger partial charge on any atom is -0.381 e. The van der Waals surface area contributed by atoms with Crippen LogP contribution in [0.4, 0.5) is 0 Å². The fourth-order valence-electron chi connectivity index (χ4n) is 4.96. The first kappa shape index (κ1) is 15.8. The van der Waals surface area contributed by atoms with Crippen molar-refractivity contribution < 1.29 is 4.74 Å². The molecule has 0 radical (unpaired) electrons. The van der Waals surface area contributed by atoms with Gasteiger partial charge in [-0.3, -0.25) is 4.90 Å². The first-order valence-electron chi connectivity index (χ1n) is 9.33. The van der Waals surface area contributed by atoms with E-state index in [1.807, 2.05) is 7.11 Å². The molecule has 0 aromatic rings. The van der Waals surface area contributed by atoms with E-state index in [0.29, 0.717) is 6.10 Å². The number of methoxy groups -OCH3 is 1. The Bertz CT molecular complexity index is 316. The van der Waals surface area contributed by atoms with Crippen LogP contribution in [0.2, 0.25) is 0 Å². The van der Waals surface area contributed by atoms with Crippen molar-refractivity contribution in [2.24, 2.45) is 5.92 Å². The molecule has 3 fully saturated rings. The first-order chi connectivity index (χ1) is 10.3. The molecular formula is C18H34N2O. The second kappa shape index (κ2) is 7.43. The summed E-state index contributed by atoms with van der Waals surface area (Å²) in [6.07, 6.45) is 12.9. The maximum atomic E-state index is 5.60. The number of nitrogens with zero attached hydrogens (tertiary/aromatic N) is 1. The molecule has 3 nitrogen and oxygen atoms in total. The highest BCUT2D eigenvalue weighted by molar-refractivity contribution is 4.95. The van der Waals surface area contributed by atoms with Crippen LogP contribution in [0.1, 0.15) is 64.7 Å². The van der Waals surface area contributed by atoms with Crippen molar-refractivity contribution >= 4 is 0 Å². The minimum atomic E-state index is 0.510. The van der Waals surface area contributed by atoms with E-state index in [-0.39, 0.29) is 0 Å². The van der Waals surface area contributed by atoms with Gasteiger partial charge in [-0.15, -0.1) is 0 Å². The third-order valence-corrected chi connectivity index (χ3v) is 6.34. The topological polar surface area (TPSA) is 24.5 Å². The van der Waals surface area contributed by atoms with E-state index < -0.39 is 0 Å².